The molecule has 10 heteroatoms. The third kappa shape index (κ3) is 5.27. The van der Waals surface area contributed by atoms with Gasteiger partial charge in [-0.2, -0.15) is 13.2 Å². The fraction of sp³-hybridized carbons (Fsp3) is 0.281. The minimum absolute atomic E-state index is 0.0241. The Balaban J connectivity index is 1.78. The molecular weight excluding hydrogens is 555 g/mol. The van der Waals surface area contributed by atoms with Crippen LogP contribution in [0.5, 0.6) is 11.6 Å². The number of hydrogen-bond acceptors (Lipinski definition) is 4. The number of ether oxygens (including phenoxy) is 2. The Morgan fingerprint density at radius 1 is 1.00 bits per heavy atom. The minimum atomic E-state index is -4.84. The first-order chi connectivity index (χ1) is 19.9. The van der Waals surface area contributed by atoms with Gasteiger partial charge in [-0.15, -0.1) is 0 Å². The fourth-order valence-electron chi connectivity index (χ4n) is 5.44. The zero-order valence-corrected chi connectivity index (χ0v) is 23.1. The predicted octanol–water partition coefficient (Wildman–Crippen LogP) is 7.13. The van der Waals surface area contributed by atoms with Crippen LogP contribution >= 0.6 is 0 Å². The first kappa shape index (κ1) is 29.3. The molecule has 0 aliphatic carbocycles. The quantitative estimate of drug-likeness (QED) is 0.235. The van der Waals surface area contributed by atoms with Crippen molar-refractivity contribution < 1.29 is 31.4 Å². The molecule has 1 aliphatic rings. The number of alkyl halides is 3. The molecule has 0 spiro atoms. The van der Waals surface area contributed by atoms with E-state index in [4.69, 9.17) is 15.2 Å². The SMILES string of the molecule is Cc1c(Cc2c(F)cccc2C(F)(F)F)c2n(c(=O)c1-c1cccc(OC(C)C)c1F)[C@H](C(N)c1ccccc1)CO2. The second kappa shape index (κ2) is 11.2. The molecule has 1 unspecified atom stereocenters. The number of aromatic nitrogens is 1. The highest BCUT2D eigenvalue weighted by atomic mass is 19.4. The fourth-order valence-corrected chi connectivity index (χ4v) is 5.44. The summed E-state index contributed by atoms with van der Waals surface area (Å²) >= 11 is 0. The Morgan fingerprint density at radius 3 is 2.36 bits per heavy atom. The smallest absolute Gasteiger partial charge is 0.416 e. The van der Waals surface area contributed by atoms with Gasteiger partial charge in [-0.1, -0.05) is 48.5 Å². The molecule has 2 heterocycles. The van der Waals surface area contributed by atoms with Crippen LogP contribution in [0.2, 0.25) is 0 Å². The zero-order valence-electron chi connectivity index (χ0n) is 23.1. The van der Waals surface area contributed by atoms with E-state index < -0.39 is 53.0 Å². The van der Waals surface area contributed by atoms with Gasteiger partial charge in [0, 0.05) is 23.1 Å². The number of nitrogens with zero attached hydrogens (tertiary/aromatic N) is 1. The van der Waals surface area contributed by atoms with Crippen molar-refractivity contribution in [2.24, 2.45) is 5.73 Å². The van der Waals surface area contributed by atoms with Crippen molar-refractivity contribution in [3.63, 3.8) is 0 Å². The lowest BCUT2D eigenvalue weighted by Gasteiger charge is -2.23. The molecule has 3 aromatic carbocycles. The predicted molar refractivity (Wildman–Crippen MR) is 149 cm³/mol. The van der Waals surface area contributed by atoms with Crippen molar-refractivity contribution in [1.82, 2.24) is 4.57 Å². The van der Waals surface area contributed by atoms with Gasteiger partial charge in [0.2, 0.25) is 5.88 Å². The number of benzene rings is 3. The third-order valence-electron chi connectivity index (χ3n) is 7.43. The van der Waals surface area contributed by atoms with Gasteiger partial charge in [0.15, 0.2) is 11.6 Å². The Morgan fingerprint density at radius 2 is 1.69 bits per heavy atom. The maximum absolute atomic E-state index is 15.9. The van der Waals surface area contributed by atoms with E-state index in [0.29, 0.717) is 5.56 Å². The lowest BCUT2D eigenvalue weighted by atomic mass is 9.91. The molecule has 5 rings (SSSR count). The lowest BCUT2D eigenvalue weighted by Crippen LogP contribution is -2.32. The zero-order chi connectivity index (χ0) is 30.3. The minimum Gasteiger partial charge on any atom is -0.488 e. The van der Waals surface area contributed by atoms with Crippen LogP contribution in [0.15, 0.2) is 71.5 Å². The Bertz CT molecular complexity index is 1680. The van der Waals surface area contributed by atoms with Gasteiger partial charge in [0.05, 0.1) is 29.3 Å². The van der Waals surface area contributed by atoms with Crippen LogP contribution in [0.3, 0.4) is 0 Å². The van der Waals surface area contributed by atoms with E-state index in [0.717, 1.165) is 18.2 Å². The highest BCUT2D eigenvalue weighted by Crippen LogP contribution is 2.42. The number of hydrogen-bond donors (Lipinski definition) is 1. The van der Waals surface area contributed by atoms with E-state index >= 15 is 8.78 Å². The summed E-state index contributed by atoms with van der Waals surface area (Å²) in [6.07, 6.45) is -5.76. The monoisotopic (exact) mass is 584 g/mol. The Hall–Kier alpha value is -4.18. The van der Waals surface area contributed by atoms with E-state index in [2.05, 4.69) is 0 Å². The maximum atomic E-state index is 15.9. The number of fused-ring (bicyclic) bond motifs is 1. The average molecular weight is 585 g/mol. The average Bonchev–Trinajstić information content (AvgIpc) is 3.38. The summed E-state index contributed by atoms with van der Waals surface area (Å²) in [6.45, 7) is 4.87. The van der Waals surface area contributed by atoms with Crippen LogP contribution in [0, 0.1) is 18.6 Å². The molecule has 0 amide bonds. The van der Waals surface area contributed by atoms with Crippen molar-refractivity contribution >= 4 is 0 Å². The Kier molecular flexibility index (Phi) is 7.85. The second-order valence-corrected chi connectivity index (χ2v) is 10.5. The van der Waals surface area contributed by atoms with Crippen LogP contribution < -0.4 is 20.8 Å². The molecule has 4 aromatic rings. The van der Waals surface area contributed by atoms with E-state index in [1.807, 2.05) is 6.07 Å². The summed E-state index contributed by atoms with van der Waals surface area (Å²) in [4.78, 5) is 14.2. The molecule has 42 heavy (non-hydrogen) atoms. The molecule has 0 fully saturated rings. The number of pyridine rings is 1. The highest BCUT2D eigenvalue weighted by molar-refractivity contribution is 5.71. The van der Waals surface area contributed by atoms with Crippen molar-refractivity contribution in [3.8, 4) is 22.8 Å². The second-order valence-electron chi connectivity index (χ2n) is 10.5. The maximum Gasteiger partial charge on any atom is 0.416 e. The van der Waals surface area contributed by atoms with Gasteiger partial charge in [-0.25, -0.2) is 8.78 Å². The van der Waals surface area contributed by atoms with Gasteiger partial charge < -0.3 is 15.2 Å². The molecule has 0 saturated heterocycles. The van der Waals surface area contributed by atoms with Crippen LogP contribution in [-0.2, 0) is 12.6 Å². The summed E-state index contributed by atoms with van der Waals surface area (Å²) in [5.74, 6) is -1.98. The summed E-state index contributed by atoms with van der Waals surface area (Å²) in [7, 11) is 0. The van der Waals surface area contributed by atoms with E-state index in [1.54, 1.807) is 38.1 Å². The van der Waals surface area contributed by atoms with Crippen LogP contribution in [-0.4, -0.2) is 17.3 Å². The van der Waals surface area contributed by atoms with Crippen LogP contribution in [0.1, 0.15) is 53.7 Å². The summed E-state index contributed by atoms with van der Waals surface area (Å²) in [5.41, 5.74) is 4.97. The molecule has 1 aliphatic heterocycles. The molecular formula is C32H29F5N2O3. The first-order valence-electron chi connectivity index (χ1n) is 13.4. The molecule has 220 valence electrons. The van der Waals surface area contributed by atoms with Gasteiger partial charge in [0.1, 0.15) is 12.4 Å². The van der Waals surface area contributed by atoms with Gasteiger partial charge in [0.25, 0.3) is 5.56 Å². The molecule has 1 aromatic heterocycles. The van der Waals surface area contributed by atoms with Crippen molar-refractivity contribution in [3.05, 3.63) is 117 Å². The van der Waals surface area contributed by atoms with Crippen LogP contribution in [0.4, 0.5) is 22.0 Å². The van der Waals surface area contributed by atoms with Gasteiger partial charge in [-0.05, 0) is 50.1 Å². The Labute approximate surface area is 239 Å². The first-order valence-corrected chi connectivity index (χ1v) is 13.4. The van der Waals surface area contributed by atoms with E-state index in [9.17, 15) is 18.0 Å². The van der Waals surface area contributed by atoms with Crippen molar-refractivity contribution in [1.29, 1.82) is 0 Å². The normalized spacial score (nSPS) is 15.4. The summed E-state index contributed by atoms with van der Waals surface area (Å²) in [5, 5.41) is 0. The number of nitrogens with two attached hydrogens (primary N) is 1. The molecule has 0 bridgehead atoms. The lowest BCUT2D eigenvalue weighted by molar-refractivity contribution is -0.138. The van der Waals surface area contributed by atoms with Crippen LogP contribution in [0.25, 0.3) is 11.1 Å². The molecule has 0 radical (unpaired) electrons. The van der Waals surface area contributed by atoms with E-state index in [1.165, 1.54) is 29.7 Å². The molecule has 5 nitrogen and oxygen atoms in total. The molecule has 0 saturated carbocycles. The standard InChI is InChI=1S/C32H29F5N2O3/c1-17(2)42-26-14-7-11-20(28(26)34)27-18(3)21(15-22-23(32(35,36)37)12-8-13-24(22)33)31-39(30(27)40)25(16-41-31)29(38)19-9-5-4-6-10-19/h4-14,17,25,29H,15-16,38H2,1-3H3/t25-,29?/m0/s1. The summed E-state index contributed by atoms with van der Waals surface area (Å²) in [6, 6.07) is 14.5. The third-order valence-corrected chi connectivity index (χ3v) is 7.43. The van der Waals surface area contributed by atoms with E-state index in [-0.39, 0.29) is 46.6 Å². The topological polar surface area (TPSA) is 66.5 Å². The van der Waals surface area contributed by atoms with Crippen molar-refractivity contribution in [2.45, 2.75) is 51.6 Å². The largest absolute Gasteiger partial charge is 0.488 e. The molecule has 2 N–H and O–H groups in total. The van der Waals surface area contributed by atoms with Gasteiger partial charge in [-0.3, -0.25) is 9.36 Å². The van der Waals surface area contributed by atoms with Crippen molar-refractivity contribution in [2.75, 3.05) is 6.61 Å². The van der Waals surface area contributed by atoms with Gasteiger partial charge >= 0.3 is 6.18 Å². The highest BCUT2D eigenvalue weighted by Gasteiger charge is 2.38. The summed E-state index contributed by atoms with van der Waals surface area (Å²) < 4.78 is 85.5. The number of rotatable bonds is 7. The molecule has 2 atom stereocenters. The number of halogens is 5.